The molecule has 1 aromatic heterocycles. The Morgan fingerprint density at radius 3 is 2.83 bits per heavy atom. The molecule has 0 spiro atoms. The summed E-state index contributed by atoms with van der Waals surface area (Å²) in [7, 11) is 1.64. The van der Waals surface area contributed by atoms with Crippen molar-refractivity contribution in [1.82, 2.24) is 10.5 Å². The Hall–Kier alpha value is -2.80. The van der Waals surface area contributed by atoms with E-state index in [1.54, 1.807) is 13.3 Å². The average Bonchev–Trinajstić information content (AvgIpc) is 3.37. The van der Waals surface area contributed by atoms with Gasteiger partial charge in [-0.3, -0.25) is 10.7 Å². The maximum atomic E-state index is 6.28. The van der Waals surface area contributed by atoms with E-state index < -0.39 is 5.79 Å². The number of nitrogens with one attached hydrogen (secondary N) is 2. The number of benzene rings is 1. The quantitative estimate of drug-likeness (QED) is 0.780. The Morgan fingerprint density at radius 2 is 2.12 bits per heavy atom. The zero-order valence-electron chi connectivity index (χ0n) is 13.3. The summed E-state index contributed by atoms with van der Waals surface area (Å²) in [4.78, 5) is 4.35. The molecule has 2 aromatic rings. The van der Waals surface area contributed by atoms with Crippen molar-refractivity contribution in [3.05, 3.63) is 42.2 Å². The number of anilines is 1. The van der Waals surface area contributed by atoms with Crippen LogP contribution in [0.15, 0.2) is 51.7 Å². The summed E-state index contributed by atoms with van der Waals surface area (Å²) in [5.41, 5.74) is 7.98. The predicted octanol–water partition coefficient (Wildman–Crippen LogP) is 2.30. The van der Waals surface area contributed by atoms with Crippen molar-refractivity contribution >= 4 is 12.1 Å². The van der Waals surface area contributed by atoms with E-state index in [-0.39, 0.29) is 0 Å². The molecule has 1 unspecified atom stereocenters. The van der Waals surface area contributed by atoms with Crippen LogP contribution in [0, 0.1) is 5.92 Å². The summed E-state index contributed by atoms with van der Waals surface area (Å²) in [6.07, 6.45) is 5.73. The fraction of sp³-hybridized carbons (Fsp3) is 0.294. The first-order valence-corrected chi connectivity index (χ1v) is 7.87. The van der Waals surface area contributed by atoms with E-state index in [9.17, 15) is 0 Å². The van der Waals surface area contributed by atoms with Gasteiger partial charge in [-0.25, -0.2) is 0 Å². The zero-order valence-corrected chi connectivity index (χ0v) is 13.3. The summed E-state index contributed by atoms with van der Waals surface area (Å²) in [5, 5.41) is 10.5. The molecular weight excluding hydrogens is 306 g/mol. The summed E-state index contributed by atoms with van der Waals surface area (Å²) in [6, 6.07) is 9.48. The van der Waals surface area contributed by atoms with Crippen molar-refractivity contribution in [3.63, 3.8) is 0 Å². The molecule has 0 bridgehead atoms. The van der Waals surface area contributed by atoms with Crippen molar-refractivity contribution in [1.29, 1.82) is 0 Å². The molecular formula is C17H19N5O2. The highest BCUT2D eigenvalue weighted by atomic mass is 16.5. The highest BCUT2D eigenvalue weighted by Gasteiger charge is 2.43. The fourth-order valence-corrected chi connectivity index (χ4v) is 2.69. The maximum absolute atomic E-state index is 6.28. The Bertz CT molecular complexity index is 792. The fourth-order valence-electron chi connectivity index (χ4n) is 2.69. The number of aromatic nitrogens is 1. The molecule has 1 aromatic carbocycles. The van der Waals surface area contributed by atoms with Crippen LogP contribution in [0.4, 0.5) is 5.88 Å². The molecule has 7 heteroatoms. The predicted molar refractivity (Wildman–Crippen MR) is 91.5 cm³/mol. The van der Waals surface area contributed by atoms with Crippen LogP contribution in [-0.2, 0) is 0 Å². The van der Waals surface area contributed by atoms with Crippen LogP contribution in [0.3, 0.4) is 0 Å². The second-order valence-corrected chi connectivity index (χ2v) is 6.01. The number of hydrogen-bond acceptors (Lipinski definition) is 7. The Morgan fingerprint density at radius 1 is 1.33 bits per heavy atom. The minimum atomic E-state index is -0.726. The third-order valence-electron chi connectivity index (χ3n) is 4.22. The van der Waals surface area contributed by atoms with E-state index in [1.165, 1.54) is 0 Å². The lowest BCUT2D eigenvalue weighted by atomic mass is 10.1. The summed E-state index contributed by atoms with van der Waals surface area (Å²) in [5.74, 6) is 1.74. The Kier molecular flexibility index (Phi) is 3.50. The topological polar surface area (TPSA) is 97.7 Å². The molecule has 0 radical (unpaired) electrons. The molecule has 7 nitrogen and oxygen atoms in total. The maximum Gasteiger partial charge on any atom is 0.230 e. The van der Waals surface area contributed by atoms with Crippen LogP contribution in [0.5, 0.6) is 5.75 Å². The van der Waals surface area contributed by atoms with E-state index in [0.717, 1.165) is 35.7 Å². The van der Waals surface area contributed by atoms with Gasteiger partial charge in [-0.15, -0.1) is 0 Å². The molecule has 1 aliphatic carbocycles. The van der Waals surface area contributed by atoms with E-state index in [0.29, 0.717) is 11.8 Å². The van der Waals surface area contributed by atoms with Gasteiger partial charge in [0, 0.05) is 23.8 Å². The van der Waals surface area contributed by atoms with Gasteiger partial charge < -0.3 is 19.9 Å². The van der Waals surface area contributed by atoms with Gasteiger partial charge >= 0.3 is 0 Å². The van der Waals surface area contributed by atoms with Gasteiger partial charge in [-0.05, 0) is 43.2 Å². The van der Waals surface area contributed by atoms with Gasteiger partial charge in [0.05, 0.1) is 7.11 Å². The number of hydrogen-bond donors (Lipinski definition) is 3. The van der Waals surface area contributed by atoms with Crippen molar-refractivity contribution in [2.45, 2.75) is 18.6 Å². The molecule has 1 saturated carbocycles. The molecule has 1 fully saturated rings. The Balaban J connectivity index is 1.47. The standard InChI is InChI=1S/C17H19N5O2/c1-23-13-6-2-11(3-7-13)14-10-16(24-22-14)20-15-8-9-19-17(18,21-15)12-4-5-12/h2-3,6-10,12,20-21H,4-5,18H2,1H3. The molecule has 1 atom stereocenters. The van der Waals surface area contributed by atoms with Crippen molar-refractivity contribution in [2.75, 3.05) is 12.4 Å². The normalized spacial score (nSPS) is 22.7. The van der Waals surface area contributed by atoms with Crippen LogP contribution in [0.25, 0.3) is 11.3 Å². The van der Waals surface area contributed by atoms with Crippen molar-refractivity contribution in [2.24, 2.45) is 16.6 Å². The second-order valence-electron chi connectivity index (χ2n) is 6.01. The molecule has 1 aliphatic heterocycles. The van der Waals surface area contributed by atoms with E-state index in [4.69, 9.17) is 15.0 Å². The highest BCUT2D eigenvalue weighted by molar-refractivity contribution is 5.75. The molecule has 2 aliphatic rings. The number of rotatable bonds is 5. The third kappa shape index (κ3) is 2.85. The van der Waals surface area contributed by atoms with Crippen LogP contribution >= 0.6 is 0 Å². The molecule has 4 N–H and O–H groups in total. The van der Waals surface area contributed by atoms with Crippen molar-refractivity contribution < 1.29 is 9.26 Å². The molecule has 2 heterocycles. The van der Waals surface area contributed by atoms with Crippen LogP contribution in [0.1, 0.15) is 12.8 Å². The minimum Gasteiger partial charge on any atom is -0.497 e. The summed E-state index contributed by atoms with van der Waals surface area (Å²) >= 11 is 0. The summed E-state index contributed by atoms with van der Waals surface area (Å²) < 4.78 is 10.5. The van der Waals surface area contributed by atoms with Crippen molar-refractivity contribution in [3.8, 4) is 17.0 Å². The highest BCUT2D eigenvalue weighted by Crippen LogP contribution is 2.38. The van der Waals surface area contributed by atoms with E-state index >= 15 is 0 Å². The van der Waals surface area contributed by atoms with Gasteiger partial charge in [0.15, 0.2) is 5.79 Å². The number of nitrogens with zero attached hydrogens (tertiary/aromatic N) is 2. The SMILES string of the molecule is COc1ccc(-c2cc(NC3=CC=NC(N)(C4CC4)N3)on2)cc1. The Labute approximate surface area is 139 Å². The van der Waals surface area contributed by atoms with Gasteiger partial charge in [0.1, 0.15) is 17.3 Å². The average molecular weight is 325 g/mol. The minimum absolute atomic E-state index is 0.379. The smallest absolute Gasteiger partial charge is 0.230 e. The lowest BCUT2D eigenvalue weighted by Gasteiger charge is -2.30. The van der Waals surface area contributed by atoms with Crippen LogP contribution in [-0.4, -0.2) is 24.3 Å². The number of aliphatic imine (C=N–C) groups is 1. The van der Waals surface area contributed by atoms with E-state index in [2.05, 4.69) is 20.8 Å². The molecule has 24 heavy (non-hydrogen) atoms. The van der Waals surface area contributed by atoms with Gasteiger partial charge in [-0.2, -0.15) is 0 Å². The molecule has 4 rings (SSSR count). The lowest BCUT2D eigenvalue weighted by molar-refractivity contribution is 0.331. The van der Waals surface area contributed by atoms with Gasteiger partial charge in [0.2, 0.25) is 5.88 Å². The second kappa shape index (κ2) is 5.68. The number of ether oxygens (including phenoxy) is 1. The molecule has 124 valence electrons. The van der Waals surface area contributed by atoms with Gasteiger partial charge in [0.25, 0.3) is 0 Å². The number of nitrogens with two attached hydrogens (primary N) is 1. The van der Waals surface area contributed by atoms with Crippen LogP contribution < -0.4 is 21.1 Å². The van der Waals surface area contributed by atoms with Gasteiger partial charge in [-0.1, -0.05) is 5.16 Å². The zero-order chi connectivity index (χ0) is 16.6. The monoisotopic (exact) mass is 325 g/mol. The largest absolute Gasteiger partial charge is 0.497 e. The first-order valence-electron chi connectivity index (χ1n) is 7.87. The third-order valence-corrected chi connectivity index (χ3v) is 4.22. The first-order chi connectivity index (χ1) is 11.7. The number of allylic oxidation sites excluding steroid dienone is 1. The number of methoxy groups -OCH3 is 1. The first kappa shape index (κ1) is 14.8. The molecule has 0 amide bonds. The lowest BCUT2D eigenvalue weighted by Crippen LogP contribution is -2.55. The summed E-state index contributed by atoms with van der Waals surface area (Å²) in [6.45, 7) is 0. The molecule has 0 saturated heterocycles. The van der Waals surface area contributed by atoms with E-state index in [1.807, 2.05) is 36.4 Å². The van der Waals surface area contributed by atoms with Crippen LogP contribution in [0.2, 0.25) is 0 Å².